The summed E-state index contributed by atoms with van der Waals surface area (Å²) in [5.41, 5.74) is 1.94. The Morgan fingerprint density at radius 1 is 1.20 bits per heavy atom. The molecule has 4 heteroatoms. The standard InChI is InChI=1S/C16H11ClN2O/c17-14-5-1-3-12(9-14)7-8-16(20)19-15-6-2-4-13(10-15)11-18/h1-10H,(H,19,20). The number of benzene rings is 2. The predicted molar refractivity (Wildman–Crippen MR) is 80.3 cm³/mol. The van der Waals surface area contributed by atoms with E-state index in [-0.39, 0.29) is 5.91 Å². The summed E-state index contributed by atoms with van der Waals surface area (Å²) >= 11 is 5.86. The second-order valence-electron chi connectivity index (χ2n) is 4.07. The number of hydrogen-bond donors (Lipinski definition) is 1. The van der Waals surface area contributed by atoms with Crippen LogP contribution in [-0.4, -0.2) is 5.91 Å². The normalized spacial score (nSPS) is 10.2. The van der Waals surface area contributed by atoms with Crippen molar-refractivity contribution in [2.75, 3.05) is 5.32 Å². The topological polar surface area (TPSA) is 52.9 Å². The maximum absolute atomic E-state index is 11.8. The van der Waals surface area contributed by atoms with Crippen LogP contribution in [0.5, 0.6) is 0 Å². The van der Waals surface area contributed by atoms with Crippen LogP contribution in [0.15, 0.2) is 54.6 Å². The summed E-state index contributed by atoms with van der Waals surface area (Å²) in [6.45, 7) is 0. The van der Waals surface area contributed by atoms with E-state index in [1.165, 1.54) is 6.08 Å². The molecule has 0 fully saturated rings. The fraction of sp³-hybridized carbons (Fsp3) is 0. The third-order valence-corrected chi connectivity index (χ3v) is 2.77. The highest BCUT2D eigenvalue weighted by atomic mass is 35.5. The molecule has 0 aliphatic rings. The lowest BCUT2D eigenvalue weighted by atomic mass is 10.2. The summed E-state index contributed by atoms with van der Waals surface area (Å²) in [4.78, 5) is 11.8. The van der Waals surface area contributed by atoms with Crippen molar-refractivity contribution >= 4 is 29.3 Å². The van der Waals surface area contributed by atoms with Gasteiger partial charge in [-0.3, -0.25) is 4.79 Å². The Morgan fingerprint density at radius 2 is 2.00 bits per heavy atom. The minimum absolute atomic E-state index is 0.264. The number of halogens is 1. The smallest absolute Gasteiger partial charge is 0.248 e. The van der Waals surface area contributed by atoms with Crippen LogP contribution in [0.1, 0.15) is 11.1 Å². The average molecular weight is 283 g/mol. The Balaban J connectivity index is 2.04. The number of carbonyl (C=O) groups excluding carboxylic acids is 1. The van der Waals surface area contributed by atoms with Gasteiger partial charge in [0.15, 0.2) is 0 Å². The lowest BCUT2D eigenvalue weighted by Crippen LogP contribution is -2.07. The predicted octanol–water partition coefficient (Wildman–Crippen LogP) is 3.86. The van der Waals surface area contributed by atoms with Gasteiger partial charge in [-0.25, -0.2) is 0 Å². The molecule has 98 valence electrons. The van der Waals surface area contributed by atoms with Gasteiger partial charge in [0.25, 0.3) is 0 Å². The summed E-state index contributed by atoms with van der Waals surface area (Å²) in [6, 6.07) is 16.0. The van der Waals surface area contributed by atoms with Crippen LogP contribution < -0.4 is 5.32 Å². The second kappa shape index (κ2) is 6.55. The molecule has 2 aromatic carbocycles. The molecule has 0 bridgehead atoms. The first-order valence-corrected chi connectivity index (χ1v) is 6.30. The summed E-state index contributed by atoms with van der Waals surface area (Å²) in [7, 11) is 0. The summed E-state index contributed by atoms with van der Waals surface area (Å²) in [5, 5.41) is 12.1. The summed E-state index contributed by atoms with van der Waals surface area (Å²) < 4.78 is 0. The zero-order chi connectivity index (χ0) is 14.4. The van der Waals surface area contributed by atoms with Gasteiger partial charge in [-0.2, -0.15) is 5.26 Å². The SMILES string of the molecule is N#Cc1cccc(NC(=O)C=Cc2cccc(Cl)c2)c1. The van der Waals surface area contributed by atoms with Crippen molar-refractivity contribution in [3.8, 4) is 6.07 Å². The molecule has 0 atom stereocenters. The number of rotatable bonds is 3. The zero-order valence-corrected chi connectivity index (χ0v) is 11.3. The van der Waals surface area contributed by atoms with E-state index in [0.717, 1.165) is 5.56 Å². The zero-order valence-electron chi connectivity index (χ0n) is 10.5. The van der Waals surface area contributed by atoms with E-state index in [0.29, 0.717) is 16.3 Å². The molecule has 0 aliphatic heterocycles. The van der Waals surface area contributed by atoms with Crippen molar-refractivity contribution in [3.63, 3.8) is 0 Å². The number of carbonyl (C=O) groups is 1. The molecule has 0 heterocycles. The first kappa shape index (κ1) is 13.9. The molecule has 0 saturated carbocycles. The van der Waals surface area contributed by atoms with E-state index in [1.54, 1.807) is 42.5 Å². The largest absolute Gasteiger partial charge is 0.322 e. The monoisotopic (exact) mass is 282 g/mol. The Morgan fingerprint density at radius 3 is 2.75 bits per heavy atom. The van der Waals surface area contributed by atoms with Crippen molar-refractivity contribution in [3.05, 3.63) is 70.8 Å². The van der Waals surface area contributed by atoms with Gasteiger partial charge < -0.3 is 5.32 Å². The van der Waals surface area contributed by atoms with Crippen LogP contribution in [0.3, 0.4) is 0 Å². The van der Waals surface area contributed by atoms with Crippen molar-refractivity contribution in [1.29, 1.82) is 5.26 Å². The third-order valence-electron chi connectivity index (χ3n) is 2.54. The van der Waals surface area contributed by atoms with E-state index in [2.05, 4.69) is 5.32 Å². The highest BCUT2D eigenvalue weighted by Crippen LogP contribution is 2.13. The molecule has 0 spiro atoms. The van der Waals surface area contributed by atoms with Gasteiger partial charge in [-0.05, 0) is 42.0 Å². The van der Waals surface area contributed by atoms with Gasteiger partial charge in [0, 0.05) is 16.8 Å². The highest BCUT2D eigenvalue weighted by molar-refractivity contribution is 6.30. The van der Waals surface area contributed by atoms with Crippen molar-refractivity contribution in [1.82, 2.24) is 0 Å². The van der Waals surface area contributed by atoms with Gasteiger partial charge in [0.2, 0.25) is 5.91 Å². The third kappa shape index (κ3) is 3.98. The lowest BCUT2D eigenvalue weighted by molar-refractivity contribution is -0.111. The molecular weight excluding hydrogens is 272 g/mol. The Labute approximate surface area is 122 Å². The number of amides is 1. The fourth-order valence-corrected chi connectivity index (χ4v) is 1.83. The molecule has 1 amide bonds. The first-order chi connectivity index (χ1) is 9.67. The summed E-state index contributed by atoms with van der Waals surface area (Å²) in [5.74, 6) is -0.264. The quantitative estimate of drug-likeness (QED) is 0.869. The minimum Gasteiger partial charge on any atom is -0.322 e. The van der Waals surface area contributed by atoms with Crippen LogP contribution in [0.4, 0.5) is 5.69 Å². The van der Waals surface area contributed by atoms with Gasteiger partial charge in [-0.15, -0.1) is 0 Å². The molecule has 0 unspecified atom stereocenters. The molecule has 0 aromatic heterocycles. The number of anilines is 1. The molecule has 1 N–H and O–H groups in total. The maximum atomic E-state index is 11.8. The van der Waals surface area contributed by atoms with Crippen LogP contribution >= 0.6 is 11.6 Å². The van der Waals surface area contributed by atoms with E-state index < -0.39 is 0 Å². The number of nitriles is 1. The van der Waals surface area contributed by atoms with Crippen LogP contribution in [0.25, 0.3) is 6.08 Å². The highest BCUT2D eigenvalue weighted by Gasteiger charge is 1.99. The van der Waals surface area contributed by atoms with Crippen molar-refractivity contribution in [2.45, 2.75) is 0 Å². The van der Waals surface area contributed by atoms with Crippen LogP contribution in [-0.2, 0) is 4.79 Å². The molecule has 0 radical (unpaired) electrons. The van der Waals surface area contributed by atoms with Crippen molar-refractivity contribution in [2.24, 2.45) is 0 Å². The van der Waals surface area contributed by atoms with Crippen LogP contribution in [0.2, 0.25) is 5.02 Å². The molecule has 3 nitrogen and oxygen atoms in total. The van der Waals surface area contributed by atoms with Gasteiger partial charge >= 0.3 is 0 Å². The van der Waals surface area contributed by atoms with Crippen molar-refractivity contribution < 1.29 is 4.79 Å². The number of nitrogens with one attached hydrogen (secondary N) is 1. The number of hydrogen-bond acceptors (Lipinski definition) is 2. The molecule has 0 saturated heterocycles. The maximum Gasteiger partial charge on any atom is 0.248 e. The van der Waals surface area contributed by atoms with E-state index in [1.807, 2.05) is 18.2 Å². The Kier molecular flexibility index (Phi) is 4.54. The molecule has 2 aromatic rings. The Bertz CT molecular complexity index is 702. The van der Waals surface area contributed by atoms with E-state index in [9.17, 15) is 4.79 Å². The van der Waals surface area contributed by atoms with E-state index >= 15 is 0 Å². The second-order valence-corrected chi connectivity index (χ2v) is 4.51. The van der Waals surface area contributed by atoms with Gasteiger partial charge in [0.1, 0.15) is 0 Å². The van der Waals surface area contributed by atoms with Gasteiger partial charge in [-0.1, -0.05) is 29.8 Å². The minimum atomic E-state index is -0.264. The van der Waals surface area contributed by atoms with E-state index in [4.69, 9.17) is 16.9 Å². The molecule has 0 aliphatic carbocycles. The molecule has 20 heavy (non-hydrogen) atoms. The summed E-state index contributed by atoms with van der Waals surface area (Å²) in [6.07, 6.45) is 3.10. The molecule has 2 rings (SSSR count). The lowest BCUT2D eigenvalue weighted by Gasteiger charge is -2.02. The Hall–Kier alpha value is -2.57. The number of nitrogens with zero attached hydrogens (tertiary/aromatic N) is 1. The fourth-order valence-electron chi connectivity index (χ4n) is 1.63. The average Bonchev–Trinajstić information content (AvgIpc) is 2.45. The molecular formula is C16H11ClN2O. The first-order valence-electron chi connectivity index (χ1n) is 5.92. The van der Waals surface area contributed by atoms with Gasteiger partial charge in [0.05, 0.1) is 11.6 Å². The van der Waals surface area contributed by atoms with Crippen LogP contribution in [0, 0.1) is 11.3 Å².